The summed E-state index contributed by atoms with van der Waals surface area (Å²) in [5.41, 5.74) is 0.773. The minimum absolute atomic E-state index is 0.0335. The first-order valence-electron chi connectivity index (χ1n) is 7.59. The smallest absolute Gasteiger partial charge is 0.246 e. The molecule has 1 aliphatic rings. The van der Waals surface area contributed by atoms with Gasteiger partial charge < -0.3 is 9.73 Å². The average Bonchev–Trinajstić information content (AvgIpc) is 3.20. The van der Waals surface area contributed by atoms with Crippen molar-refractivity contribution in [1.29, 1.82) is 0 Å². The summed E-state index contributed by atoms with van der Waals surface area (Å²) in [6, 6.07) is 0.497. The van der Waals surface area contributed by atoms with Gasteiger partial charge >= 0.3 is 0 Å². The van der Waals surface area contributed by atoms with E-state index in [0.29, 0.717) is 29.0 Å². The Labute approximate surface area is 127 Å². The highest BCUT2D eigenvalue weighted by atomic mass is 32.2. The highest BCUT2D eigenvalue weighted by molar-refractivity contribution is 7.89. The van der Waals surface area contributed by atoms with Gasteiger partial charge in [0.2, 0.25) is 10.0 Å². The molecule has 1 atom stereocenters. The molecule has 5 nitrogen and oxygen atoms in total. The highest BCUT2D eigenvalue weighted by Crippen LogP contribution is 2.30. The van der Waals surface area contributed by atoms with Crippen molar-refractivity contribution < 1.29 is 12.8 Å². The number of aryl methyl sites for hydroxylation is 2. The van der Waals surface area contributed by atoms with Crippen molar-refractivity contribution in [3.05, 3.63) is 17.1 Å². The van der Waals surface area contributed by atoms with E-state index in [1.165, 1.54) is 17.1 Å². The molecule has 1 fully saturated rings. The van der Waals surface area contributed by atoms with Crippen LogP contribution in [0.25, 0.3) is 0 Å². The zero-order chi connectivity index (χ0) is 15.8. The highest BCUT2D eigenvalue weighted by Gasteiger charge is 2.33. The van der Waals surface area contributed by atoms with Crippen LogP contribution in [-0.2, 0) is 16.6 Å². The zero-order valence-corrected chi connectivity index (χ0v) is 14.4. The van der Waals surface area contributed by atoms with Gasteiger partial charge in [0.15, 0.2) is 0 Å². The molecule has 1 aliphatic carbocycles. The second kappa shape index (κ2) is 6.10. The topological polar surface area (TPSA) is 62.6 Å². The average molecular weight is 314 g/mol. The fourth-order valence-electron chi connectivity index (χ4n) is 2.42. The lowest BCUT2D eigenvalue weighted by Gasteiger charge is -2.23. The molecule has 1 saturated carbocycles. The van der Waals surface area contributed by atoms with E-state index in [1.54, 1.807) is 14.0 Å². The van der Waals surface area contributed by atoms with Crippen molar-refractivity contribution >= 4 is 10.0 Å². The Balaban J connectivity index is 2.36. The molecular weight excluding hydrogens is 288 g/mol. The largest absolute Gasteiger partial charge is 0.465 e. The summed E-state index contributed by atoms with van der Waals surface area (Å²) in [7, 11) is -1.88. The first kappa shape index (κ1) is 16.5. The van der Waals surface area contributed by atoms with Gasteiger partial charge in [0.05, 0.1) is 0 Å². The molecule has 1 unspecified atom stereocenters. The second-order valence-electron chi connectivity index (χ2n) is 5.96. The van der Waals surface area contributed by atoms with Crippen molar-refractivity contribution in [2.24, 2.45) is 0 Å². The van der Waals surface area contributed by atoms with E-state index in [1.807, 2.05) is 20.8 Å². The second-order valence-corrected chi connectivity index (χ2v) is 7.89. The van der Waals surface area contributed by atoms with E-state index in [4.69, 9.17) is 4.42 Å². The van der Waals surface area contributed by atoms with Crippen molar-refractivity contribution in [3.63, 3.8) is 0 Å². The molecule has 1 aromatic rings. The van der Waals surface area contributed by atoms with Crippen molar-refractivity contribution in [3.8, 4) is 0 Å². The standard InChI is InChI=1S/C15H26N2O3S/c1-6-10(2)17(5)21(18,19)15-12(4)20-11(3)14(15)9-16-13-7-8-13/h10,13,16H,6-9H2,1-5H3. The van der Waals surface area contributed by atoms with Crippen molar-refractivity contribution in [2.45, 2.75) is 70.5 Å². The molecule has 0 amide bonds. The first-order chi connectivity index (χ1) is 9.78. The summed E-state index contributed by atoms with van der Waals surface area (Å²) in [6.07, 6.45) is 3.12. The van der Waals surface area contributed by atoms with Gasteiger partial charge in [-0.2, -0.15) is 4.31 Å². The van der Waals surface area contributed by atoms with Crippen molar-refractivity contribution in [2.75, 3.05) is 7.05 Å². The van der Waals surface area contributed by atoms with Crippen LogP contribution in [0.1, 0.15) is 50.2 Å². The fraction of sp³-hybridized carbons (Fsp3) is 0.733. The molecule has 21 heavy (non-hydrogen) atoms. The van der Waals surface area contributed by atoms with Crippen LogP contribution in [0.3, 0.4) is 0 Å². The number of sulfonamides is 1. The molecule has 0 aromatic carbocycles. The molecule has 1 N–H and O–H groups in total. The number of furan rings is 1. The summed E-state index contributed by atoms with van der Waals surface area (Å²) in [5.74, 6) is 1.17. The summed E-state index contributed by atoms with van der Waals surface area (Å²) >= 11 is 0. The van der Waals surface area contributed by atoms with E-state index in [2.05, 4.69) is 5.32 Å². The third-order valence-electron chi connectivity index (χ3n) is 4.32. The zero-order valence-electron chi connectivity index (χ0n) is 13.6. The SMILES string of the molecule is CCC(C)N(C)S(=O)(=O)c1c(C)oc(C)c1CNC1CC1. The van der Waals surface area contributed by atoms with Crippen LogP contribution in [0.15, 0.2) is 9.31 Å². The van der Waals surface area contributed by atoms with Gasteiger partial charge in [-0.1, -0.05) is 6.92 Å². The first-order valence-corrected chi connectivity index (χ1v) is 9.03. The third-order valence-corrected chi connectivity index (χ3v) is 6.49. The monoisotopic (exact) mass is 314 g/mol. The van der Waals surface area contributed by atoms with Gasteiger partial charge in [0, 0.05) is 31.2 Å². The van der Waals surface area contributed by atoms with Crippen LogP contribution in [0.5, 0.6) is 0 Å². The Morgan fingerprint density at radius 2 is 1.95 bits per heavy atom. The normalized spacial score (nSPS) is 17.4. The number of nitrogens with zero attached hydrogens (tertiary/aromatic N) is 1. The number of nitrogens with one attached hydrogen (secondary N) is 1. The number of hydrogen-bond donors (Lipinski definition) is 1. The van der Waals surface area contributed by atoms with Gasteiger partial charge in [0.1, 0.15) is 16.4 Å². The lowest BCUT2D eigenvalue weighted by Crippen LogP contribution is -2.35. The van der Waals surface area contributed by atoms with Crippen LogP contribution in [-0.4, -0.2) is 31.9 Å². The van der Waals surface area contributed by atoms with Gasteiger partial charge in [-0.25, -0.2) is 8.42 Å². The predicted octanol–water partition coefficient (Wildman–Crippen LogP) is 2.57. The quantitative estimate of drug-likeness (QED) is 0.840. The molecule has 1 aromatic heterocycles. The molecule has 0 saturated heterocycles. The molecule has 120 valence electrons. The Morgan fingerprint density at radius 3 is 2.48 bits per heavy atom. The summed E-state index contributed by atoms with van der Waals surface area (Å²) in [6.45, 7) is 8.02. The maximum atomic E-state index is 12.9. The van der Waals surface area contributed by atoms with Crippen LogP contribution in [0.4, 0.5) is 0 Å². The van der Waals surface area contributed by atoms with Crippen LogP contribution in [0, 0.1) is 13.8 Å². The molecule has 1 heterocycles. The maximum absolute atomic E-state index is 12.9. The predicted molar refractivity (Wildman–Crippen MR) is 82.7 cm³/mol. The third kappa shape index (κ3) is 3.33. The lowest BCUT2D eigenvalue weighted by atomic mass is 10.2. The summed E-state index contributed by atoms with van der Waals surface area (Å²) in [5, 5.41) is 3.38. The maximum Gasteiger partial charge on any atom is 0.246 e. The molecule has 2 rings (SSSR count). The van der Waals surface area contributed by atoms with Gasteiger partial charge in [-0.15, -0.1) is 0 Å². The van der Waals surface area contributed by atoms with E-state index >= 15 is 0 Å². The van der Waals surface area contributed by atoms with Crippen molar-refractivity contribution in [1.82, 2.24) is 9.62 Å². The Kier molecular flexibility index (Phi) is 4.80. The minimum atomic E-state index is -3.52. The minimum Gasteiger partial charge on any atom is -0.465 e. The molecule has 0 aliphatic heterocycles. The Hall–Kier alpha value is -0.850. The summed E-state index contributed by atoms with van der Waals surface area (Å²) < 4.78 is 32.8. The van der Waals surface area contributed by atoms with E-state index < -0.39 is 10.0 Å². The molecule has 0 radical (unpaired) electrons. The van der Waals surface area contributed by atoms with E-state index in [0.717, 1.165) is 12.0 Å². The fourth-order valence-corrected chi connectivity index (χ4v) is 4.27. The van der Waals surface area contributed by atoms with Gasteiger partial charge in [-0.05, 0) is 40.0 Å². The van der Waals surface area contributed by atoms with Gasteiger partial charge in [0.25, 0.3) is 0 Å². The molecular formula is C15H26N2O3S. The van der Waals surface area contributed by atoms with Crippen LogP contribution < -0.4 is 5.32 Å². The summed E-state index contributed by atoms with van der Waals surface area (Å²) in [4.78, 5) is 0.343. The van der Waals surface area contributed by atoms with Crippen LogP contribution in [0.2, 0.25) is 0 Å². The number of hydrogen-bond acceptors (Lipinski definition) is 4. The molecule has 0 spiro atoms. The Bertz CT molecular complexity index is 603. The Morgan fingerprint density at radius 1 is 1.33 bits per heavy atom. The van der Waals surface area contributed by atoms with E-state index in [9.17, 15) is 8.42 Å². The number of rotatable bonds is 7. The molecule has 0 bridgehead atoms. The molecule has 6 heteroatoms. The van der Waals surface area contributed by atoms with Gasteiger partial charge in [-0.3, -0.25) is 0 Å². The van der Waals surface area contributed by atoms with Crippen LogP contribution >= 0.6 is 0 Å². The lowest BCUT2D eigenvalue weighted by molar-refractivity contribution is 0.379. The van der Waals surface area contributed by atoms with E-state index in [-0.39, 0.29) is 6.04 Å².